The van der Waals surface area contributed by atoms with Crippen LogP contribution >= 0.6 is 15.9 Å². The van der Waals surface area contributed by atoms with Crippen LogP contribution in [0.4, 0.5) is 5.95 Å². The van der Waals surface area contributed by atoms with Gasteiger partial charge in [0.2, 0.25) is 5.95 Å². The van der Waals surface area contributed by atoms with E-state index in [-0.39, 0.29) is 0 Å². The quantitative estimate of drug-likeness (QED) is 0.916. The van der Waals surface area contributed by atoms with E-state index in [4.69, 9.17) is 0 Å². The highest BCUT2D eigenvalue weighted by molar-refractivity contribution is 9.10. The van der Waals surface area contributed by atoms with Gasteiger partial charge in [0.15, 0.2) is 5.82 Å². The molecule has 0 saturated carbocycles. The molecule has 0 atom stereocenters. The van der Waals surface area contributed by atoms with Gasteiger partial charge in [-0.15, -0.1) is 0 Å². The number of anilines is 1. The van der Waals surface area contributed by atoms with E-state index in [9.17, 15) is 0 Å². The molecule has 0 spiro atoms. The van der Waals surface area contributed by atoms with Crippen LogP contribution in [0.2, 0.25) is 0 Å². The summed E-state index contributed by atoms with van der Waals surface area (Å²) in [5, 5.41) is 7.29. The van der Waals surface area contributed by atoms with E-state index in [1.54, 1.807) is 17.9 Å². The van der Waals surface area contributed by atoms with E-state index in [1.807, 2.05) is 19.9 Å². The Morgan fingerprint density at radius 2 is 2.12 bits per heavy atom. The zero-order chi connectivity index (χ0) is 11.7. The molecule has 0 fully saturated rings. The molecule has 2 aromatic heterocycles. The summed E-state index contributed by atoms with van der Waals surface area (Å²) in [4.78, 5) is 8.48. The highest BCUT2D eigenvalue weighted by Gasteiger charge is 2.10. The average Bonchev–Trinajstić information content (AvgIpc) is 2.58. The van der Waals surface area contributed by atoms with E-state index in [0.717, 1.165) is 21.7 Å². The molecule has 0 aliphatic heterocycles. The lowest BCUT2D eigenvalue weighted by Gasteiger charge is -2.07. The molecular weight excluding hydrogens is 270 g/mol. The minimum absolute atomic E-state index is 0.575. The van der Waals surface area contributed by atoms with Crippen molar-refractivity contribution in [2.75, 3.05) is 12.4 Å². The molecule has 0 radical (unpaired) electrons. The van der Waals surface area contributed by atoms with Gasteiger partial charge in [-0.2, -0.15) is 10.1 Å². The van der Waals surface area contributed by atoms with Gasteiger partial charge in [0.25, 0.3) is 0 Å². The normalized spacial score (nSPS) is 10.5. The zero-order valence-electron chi connectivity index (χ0n) is 9.32. The number of rotatable bonds is 2. The molecule has 2 heterocycles. The predicted octanol–water partition coefficient (Wildman–Crippen LogP) is 2.08. The topological polar surface area (TPSA) is 55.6 Å². The second kappa shape index (κ2) is 4.21. The van der Waals surface area contributed by atoms with Crippen molar-refractivity contribution in [2.24, 2.45) is 0 Å². The average molecular weight is 282 g/mol. The van der Waals surface area contributed by atoms with Crippen LogP contribution in [-0.2, 0) is 0 Å². The number of aryl methyl sites for hydroxylation is 2. The Bertz CT molecular complexity index is 520. The Labute approximate surface area is 102 Å². The molecule has 0 amide bonds. The molecule has 0 aromatic carbocycles. The lowest BCUT2D eigenvalue weighted by Crippen LogP contribution is -2.06. The van der Waals surface area contributed by atoms with E-state index in [2.05, 4.69) is 36.3 Å². The largest absolute Gasteiger partial charge is 0.357 e. The highest BCUT2D eigenvalue weighted by Crippen LogP contribution is 2.20. The van der Waals surface area contributed by atoms with E-state index in [1.165, 1.54) is 0 Å². The van der Waals surface area contributed by atoms with Crippen LogP contribution in [0.15, 0.2) is 16.7 Å². The minimum atomic E-state index is 0.575. The second-order valence-electron chi connectivity index (χ2n) is 3.45. The third kappa shape index (κ3) is 1.92. The molecule has 0 saturated heterocycles. The molecule has 0 unspecified atom stereocenters. The van der Waals surface area contributed by atoms with Crippen LogP contribution in [0.1, 0.15) is 11.4 Å². The first-order chi connectivity index (χ1) is 7.61. The number of aromatic nitrogens is 4. The number of hydrogen-bond acceptors (Lipinski definition) is 4. The maximum Gasteiger partial charge on any atom is 0.224 e. The molecule has 16 heavy (non-hydrogen) atoms. The Morgan fingerprint density at radius 3 is 2.69 bits per heavy atom. The maximum atomic E-state index is 4.39. The van der Waals surface area contributed by atoms with E-state index < -0.39 is 0 Å². The summed E-state index contributed by atoms with van der Waals surface area (Å²) in [6.45, 7) is 3.95. The van der Waals surface area contributed by atoms with Gasteiger partial charge < -0.3 is 5.32 Å². The fourth-order valence-electron chi connectivity index (χ4n) is 1.47. The molecule has 0 aliphatic rings. The Kier molecular flexibility index (Phi) is 2.91. The van der Waals surface area contributed by atoms with Crippen molar-refractivity contribution < 1.29 is 0 Å². The molecule has 84 valence electrons. The molecule has 6 heteroatoms. The summed E-state index contributed by atoms with van der Waals surface area (Å²) in [6.07, 6.45) is 1.71. The number of hydrogen-bond donors (Lipinski definition) is 1. The highest BCUT2D eigenvalue weighted by atomic mass is 79.9. The van der Waals surface area contributed by atoms with Gasteiger partial charge in [-0.3, -0.25) is 0 Å². The van der Waals surface area contributed by atoms with Crippen LogP contribution in [0.3, 0.4) is 0 Å². The van der Waals surface area contributed by atoms with Gasteiger partial charge in [0, 0.05) is 18.9 Å². The van der Waals surface area contributed by atoms with Crippen molar-refractivity contribution in [2.45, 2.75) is 13.8 Å². The SMILES string of the molecule is CNc1ncc(Br)c(-n2nc(C)cc2C)n1. The standard InChI is InChI=1S/C10H12BrN5/c1-6-4-7(2)16(15-6)9-8(11)5-13-10(12-3)14-9/h4-5H,1-3H3,(H,12,13,14). The molecule has 0 aliphatic carbocycles. The van der Waals surface area contributed by atoms with Crippen molar-refractivity contribution in [1.82, 2.24) is 19.7 Å². The fourth-order valence-corrected chi connectivity index (χ4v) is 1.83. The molecule has 5 nitrogen and oxygen atoms in total. The number of nitrogens with zero attached hydrogens (tertiary/aromatic N) is 4. The van der Waals surface area contributed by atoms with Crippen LogP contribution in [0, 0.1) is 13.8 Å². The monoisotopic (exact) mass is 281 g/mol. The predicted molar refractivity (Wildman–Crippen MR) is 65.9 cm³/mol. The fraction of sp³-hybridized carbons (Fsp3) is 0.300. The molecule has 2 aromatic rings. The van der Waals surface area contributed by atoms with Crippen molar-refractivity contribution in [3.8, 4) is 5.82 Å². The lowest BCUT2D eigenvalue weighted by molar-refractivity contribution is 0.797. The summed E-state index contributed by atoms with van der Waals surface area (Å²) in [6, 6.07) is 2.01. The zero-order valence-corrected chi connectivity index (χ0v) is 10.9. The summed E-state index contributed by atoms with van der Waals surface area (Å²) in [5.41, 5.74) is 2.01. The van der Waals surface area contributed by atoms with Gasteiger partial charge in [0.1, 0.15) is 0 Å². The van der Waals surface area contributed by atoms with Gasteiger partial charge in [-0.05, 0) is 35.8 Å². The smallest absolute Gasteiger partial charge is 0.224 e. The van der Waals surface area contributed by atoms with Crippen LogP contribution in [-0.4, -0.2) is 26.8 Å². The van der Waals surface area contributed by atoms with Crippen molar-refractivity contribution >= 4 is 21.9 Å². The van der Waals surface area contributed by atoms with Gasteiger partial charge in [-0.25, -0.2) is 9.67 Å². The Balaban J connectivity index is 2.58. The van der Waals surface area contributed by atoms with Crippen LogP contribution in [0.5, 0.6) is 0 Å². The first-order valence-corrected chi connectivity index (χ1v) is 5.65. The summed E-state index contributed by atoms with van der Waals surface area (Å²) < 4.78 is 2.61. The molecule has 0 bridgehead atoms. The number of nitrogens with one attached hydrogen (secondary N) is 1. The molecular formula is C10H12BrN5. The third-order valence-electron chi connectivity index (χ3n) is 2.16. The van der Waals surface area contributed by atoms with Crippen LogP contribution < -0.4 is 5.32 Å². The maximum absolute atomic E-state index is 4.39. The first-order valence-electron chi connectivity index (χ1n) is 4.85. The van der Waals surface area contributed by atoms with Crippen molar-refractivity contribution in [3.63, 3.8) is 0 Å². The van der Waals surface area contributed by atoms with Gasteiger partial charge in [-0.1, -0.05) is 0 Å². The Hall–Kier alpha value is -1.43. The third-order valence-corrected chi connectivity index (χ3v) is 2.72. The van der Waals surface area contributed by atoms with Gasteiger partial charge in [0.05, 0.1) is 10.2 Å². The number of halogens is 1. The van der Waals surface area contributed by atoms with E-state index >= 15 is 0 Å². The van der Waals surface area contributed by atoms with Crippen LogP contribution in [0.25, 0.3) is 5.82 Å². The summed E-state index contributed by atoms with van der Waals surface area (Å²) in [5.74, 6) is 1.32. The Morgan fingerprint density at radius 1 is 1.38 bits per heavy atom. The summed E-state index contributed by atoms with van der Waals surface area (Å²) in [7, 11) is 1.79. The molecule has 1 N–H and O–H groups in total. The van der Waals surface area contributed by atoms with Crippen molar-refractivity contribution in [1.29, 1.82) is 0 Å². The van der Waals surface area contributed by atoms with E-state index in [0.29, 0.717) is 5.95 Å². The minimum Gasteiger partial charge on any atom is -0.357 e. The lowest BCUT2D eigenvalue weighted by atomic mass is 10.4. The molecule has 2 rings (SSSR count). The van der Waals surface area contributed by atoms with Crippen molar-refractivity contribution in [3.05, 3.63) is 28.1 Å². The second-order valence-corrected chi connectivity index (χ2v) is 4.31. The first kappa shape index (κ1) is 11.1. The summed E-state index contributed by atoms with van der Waals surface area (Å²) >= 11 is 3.43. The van der Waals surface area contributed by atoms with Gasteiger partial charge >= 0.3 is 0 Å².